The first-order valence-corrected chi connectivity index (χ1v) is 8.59. The molecule has 0 aromatic rings. The largest absolute Gasteiger partial charge is 0.251 e. The second kappa shape index (κ2) is 4.77. The van der Waals surface area contributed by atoms with E-state index >= 15 is 0 Å². The summed E-state index contributed by atoms with van der Waals surface area (Å²) in [5.74, 6) is 2.74. The molecular formula is C9H21NS2. The first kappa shape index (κ1) is 10.7. The molecule has 1 aliphatic heterocycles. The van der Waals surface area contributed by atoms with Crippen LogP contribution in [0.3, 0.4) is 0 Å². The van der Waals surface area contributed by atoms with Gasteiger partial charge in [-0.1, -0.05) is 11.9 Å². The highest BCUT2D eigenvalue weighted by atomic mass is 32.3. The van der Waals surface area contributed by atoms with Gasteiger partial charge in [-0.25, -0.2) is 10.0 Å². The molecule has 0 N–H and O–H groups in total. The molecular weight excluding hydrogens is 186 g/mol. The van der Waals surface area contributed by atoms with Crippen LogP contribution in [-0.4, -0.2) is 47.7 Å². The molecule has 1 aliphatic rings. The summed E-state index contributed by atoms with van der Waals surface area (Å²) in [7, 11) is -0.263. The molecule has 1 fully saturated rings. The maximum atomic E-state index is 2.53. The van der Waals surface area contributed by atoms with Crippen molar-refractivity contribution in [2.45, 2.75) is 12.8 Å². The smallest absolute Gasteiger partial charge is 0.0157 e. The van der Waals surface area contributed by atoms with Crippen LogP contribution >= 0.6 is 22.0 Å². The van der Waals surface area contributed by atoms with Gasteiger partial charge >= 0.3 is 0 Å². The lowest BCUT2D eigenvalue weighted by Gasteiger charge is -2.25. The first-order valence-electron chi connectivity index (χ1n) is 4.62. The van der Waals surface area contributed by atoms with Crippen LogP contribution in [0.4, 0.5) is 0 Å². The van der Waals surface area contributed by atoms with Crippen LogP contribution in [-0.2, 0) is 0 Å². The zero-order valence-corrected chi connectivity index (χ0v) is 10.1. The van der Waals surface area contributed by atoms with Gasteiger partial charge in [0, 0.05) is 18.8 Å². The lowest BCUT2D eigenvalue weighted by atomic mass is 10.4. The van der Waals surface area contributed by atoms with Gasteiger partial charge in [-0.15, -0.1) is 0 Å². The van der Waals surface area contributed by atoms with E-state index < -0.39 is 0 Å². The third-order valence-electron chi connectivity index (χ3n) is 2.03. The average molecular weight is 207 g/mol. The highest BCUT2D eigenvalue weighted by Crippen LogP contribution is 2.35. The summed E-state index contributed by atoms with van der Waals surface area (Å²) in [4.78, 5) is 0. The highest BCUT2D eigenvalue weighted by Gasteiger charge is 2.12. The molecule has 0 aromatic heterocycles. The maximum absolute atomic E-state index is 2.53. The van der Waals surface area contributed by atoms with Gasteiger partial charge < -0.3 is 0 Å². The molecule has 0 unspecified atom stereocenters. The molecule has 1 saturated heterocycles. The van der Waals surface area contributed by atoms with Crippen molar-refractivity contribution < 1.29 is 0 Å². The molecule has 0 aliphatic carbocycles. The maximum Gasteiger partial charge on any atom is 0.0157 e. The normalized spacial score (nSPS) is 21.6. The third kappa shape index (κ3) is 4.63. The van der Waals surface area contributed by atoms with E-state index in [2.05, 4.69) is 35.0 Å². The van der Waals surface area contributed by atoms with Crippen molar-refractivity contribution in [1.29, 1.82) is 0 Å². The summed E-state index contributed by atoms with van der Waals surface area (Å²) in [5, 5.41) is 0. The fourth-order valence-electron chi connectivity index (χ4n) is 1.23. The van der Waals surface area contributed by atoms with E-state index in [1.165, 1.54) is 37.4 Å². The third-order valence-corrected chi connectivity index (χ3v) is 4.84. The van der Waals surface area contributed by atoms with Gasteiger partial charge in [0.25, 0.3) is 0 Å². The van der Waals surface area contributed by atoms with E-state index in [4.69, 9.17) is 0 Å². The van der Waals surface area contributed by atoms with E-state index in [9.17, 15) is 0 Å². The van der Waals surface area contributed by atoms with E-state index in [0.29, 0.717) is 0 Å². The van der Waals surface area contributed by atoms with Gasteiger partial charge in [-0.3, -0.25) is 4.31 Å². The van der Waals surface area contributed by atoms with Crippen molar-refractivity contribution in [1.82, 2.24) is 4.31 Å². The van der Waals surface area contributed by atoms with E-state index in [1.54, 1.807) is 0 Å². The van der Waals surface area contributed by atoms with Crippen LogP contribution in [0.15, 0.2) is 0 Å². The Morgan fingerprint density at radius 3 is 2.25 bits per heavy atom. The van der Waals surface area contributed by atoms with Crippen molar-refractivity contribution in [3.63, 3.8) is 0 Å². The van der Waals surface area contributed by atoms with Crippen LogP contribution in [0.2, 0.25) is 0 Å². The van der Waals surface area contributed by atoms with Crippen LogP contribution < -0.4 is 0 Å². The van der Waals surface area contributed by atoms with Gasteiger partial charge in [-0.2, -0.15) is 0 Å². The van der Waals surface area contributed by atoms with E-state index in [0.717, 1.165) is 0 Å². The Kier molecular flexibility index (Phi) is 4.27. The topological polar surface area (TPSA) is 3.24 Å². The van der Waals surface area contributed by atoms with Gasteiger partial charge in [-0.05, 0) is 37.4 Å². The minimum absolute atomic E-state index is 0.263. The molecule has 1 nitrogen and oxygen atoms in total. The van der Waals surface area contributed by atoms with Crippen LogP contribution in [0.5, 0.6) is 0 Å². The zero-order valence-electron chi connectivity index (χ0n) is 8.51. The van der Waals surface area contributed by atoms with E-state index in [-0.39, 0.29) is 10.0 Å². The molecule has 1 rings (SSSR count). The van der Waals surface area contributed by atoms with Crippen molar-refractivity contribution in [2.75, 3.05) is 43.4 Å². The standard InChI is InChI=1S/C9H21NS2/c1-12(2,3)9-8-11-10-6-4-5-7-10/h4-9H2,1-3H3. The van der Waals surface area contributed by atoms with Gasteiger partial charge in [0.2, 0.25) is 0 Å². The first-order chi connectivity index (χ1) is 5.58. The van der Waals surface area contributed by atoms with Crippen LogP contribution in [0.25, 0.3) is 0 Å². The monoisotopic (exact) mass is 207 g/mol. The quantitative estimate of drug-likeness (QED) is 0.651. The van der Waals surface area contributed by atoms with Crippen molar-refractivity contribution in [3.8, 4) is 0 Å². The molecule has 0 atom stereocenters. The Bertz CT molecular complexity index is 125. The molecule has 0 aromatic carbocycles. The van der Waals surface area contributed by atoms with Crippen LogP contribution in [0.1, 0.15) is 12.8 Å². The Balaban J connectivity index is 2.02. The van der Waals surface area contributed by atoms with Gasteiger partial charge in [0.1, 0.15) is 0 Å². The lowest BCUT2D eigenvalue weighted by Crippen LogP contribution is -2.12. The minimum Gasteiger partial charge on any atom is -0.251 e. The zero-order chi connectivity index (χ0) is 9.03. The Hall–Kier alpha value is 0.660. The molecule has 3 heteroatoms. The van der Waals surface area contributed by atoms with Gasteiger partial charge in [0.05, 0.1) is 0 Å². The SMILES string of the molecule is CS(C)(C)CCSN1CCCC1. The summed E-state index contributed by atoms with van der Waals surface area (Å²) in [6, 6.07) is 0. The van der Waals surface area contributed by atoms with Crippen molar-refractivity contribution >= 4 is 22.0 Å². The van der Waals surface area contributed by atoms with Crippen molar-refractivity contribution in [2.24, 2.45) is 0 Å². The number of hydrogen-bond acceptors (Lipinski definition) is 2. The molecule has 12 heavy (non-hydrogen) atoms. The summed E-state index contributed by atoms with van der Waals surface area (Å²) >= 11 is 2.07. The lowest BCUT2D eigenvalue weighted by molar-refractivity contribution is 0.587. The van der Waals surface area contributed by atoms with E-state index in [1.807, 2.05) is 0 Å². The second-order valence-electron chi connectivity index (χ2n) is 4.26. The number of hydrogen-bond donors (Lipinski definition) is 0. The Morgan fingerprint density at radius 1 is 1.17 bits per heavy atom. The van der Waals surface area contributed by atoms with Gasteiger partial charge in [0.15, 0.2) is 0 Å². The molecule has 1 heterocycles. The number of nitrogens with zero attached hydrogens (tertiary/aromatic N) is 1. The average Bonchev–Trinajstić information content (AvgIpc) is 2.36. The molecule has 0 radical (unpaired) electrons. The summed E-state index contributed by atoms with van der Waals surface area (Å²) in [6.07, 6.45) is 10.0. The summed E-state index contributed by atoms with van der Waals surface area (Å²) in [5.41, 5.74) is 0. The van der Waals surface area contributed by atoms with Crippen LogP contribution in [0, 0.1) is 0 Å². The minimum atomic E-state index is -0.263. The summed E-state index contributed by atoms with van der Waals surface area (Å²) in [6.45, 7) is 2.65. The fourth-order valence-corrected chi connectivity index (χ4v) is 4.31. The fraction of sp³-hybridized carbons (Fsp3) is 1.00. The highest BCUT2D eigenvalue weighted by molar-refractivity contribution is 8.32. The molecule has 74 valence electrons. The summed E-state index contributed by atoms with van der Waals surface area (Å²) < 4.78 is 2.53. The molecule has 0 amide bonds. The number of rotatable bonds is 4. The molecule has 0 spiro atoms. The molecule has 0 saturated carbocycles. The second-order valence-corrected chi connectivity index (χ2v) is 10.0. The predicted molar refractivity (Wildman–Crippen MR) is 63.5 cm³/mol. The Labute approximate surface area is 82.7 Å². The molecule has 0 bridgehead atoms. The predicted octanol–water partition coefficient (Wildman–Crippen LogP) is 2.42. The Morgan fingerprint density at radius 2 is 1.75 bits per heavy atom. The van der Waals surface area contributed by atoms with Crippen molar-refractivity contribution in [3.05, 3.63) is 0 Å².